The van der Waals surface area contributed by atoms with Crippen molar-refractivity contribution >= 4 is 11.6 Å². The van der Waals surface area contributed by atoms with Gasteiger partial charge in [-0.25, -0.2) is 4.39 Å². The van der Waals surface area contributed by atoms with Gasteiger partial charge in [0.1, 0.15) is 5.82 Å². The standard InChI is InChI=1S/C19H28ClFN2O/c1-19(2,18-14(20)6-4-7-15(18)21)12-23-16-8-3-5-13(16)17-11-24-10-9-22-17/h4,6-7,13,16-17,22-23H,3,5,8-12H2,1-2H3. The monoisotopic (exact) mass is 354 g/mol. The molecule has 1 aliphatic carbocycles. The Hall–Kier alpha value is -0.680. The van der Waals surface area contributed by atoms with Crippen LogP contribution in [0.4, 0.5) is 4.39 Å². The second kappa shape index (κ2) is 7.69. The van der Waals surface area contributed by atoms with E-state index in [9.17, 15) is 4.39 Å². The third-order valence-electron chi connectivity index (χ3n) is 5.48. The van der Waals surface area contributed by atoms with E-state index in [1.54, 1.807) is 12.1 Å². The molecule has 0 radical (unpaired) electrons. The van der Waals surface area contributed by atoms with E-state index < -0.39 is 0 Å². The molecule has 3 atom stereocenters. The SMILES string of the molecule is CC(C)(CNC1CCCC1C1COCCN1)c1c(F)cccc1Cl. The fourth-order valence-electron chi connectivity index (χ4n) is 4.20. The lowest BCUT2D eigenvalue weighted by molar-refractivity contribution is 0.0522. The van der Waals surface area contributed by atoms with Crippen molar-refractivity contribution in [3.8, 4) is 0 Å². The van der Waals surface area contributed by atoms with Gasteiger partial charge in [0.25, 0.3) is 0 Å². The van der Waals surface area contributed by atoms with E-state index in [4.69, 9.17) is 16.3 Å². The summed E-state index contributed by atoms with van der Waals surface area (Å²) in [4.78, 5) is 0. The molecule has 1 saturated carbocycles. The summed E-state index contributed by atoms with van der Waals surface area (Å²) >= 11 is 6.27. The van der Waals surface area contributed by atoms with Crippen molar-refractivity contribution in [3.05, 3.63) is 34.6 Å². The minimum atomic E-state index is -0.355. The zero-order valence-electron chi connectivity index (χ0n) is 14.6. The first-order chi connectivity index (χ1) is 11.5. The maximum absolute atomic E-state index is 14.3. The second-order valence-corrected chi connectivity index (χ2v) is 8.11. The highest BCUT2D eigenvalue weighted by Crippen LogP contribution is 2.34. The van der Waals surface area contributed by atoms with Crippen LogP contribution in [0.25, 0.3) is 0 Å². The lowest BCUT2D eigenvalue weighted by Gasteiger charge is -2.35. The number of morpholine rings is 1. The summed E-state index contributed by atoms with van der Waals surface area (Å²) in [5, 5.41) is 7.80. The Labute approximate surface area is 149 Å². The fraction of sp³-hybridized carbons (Fsp3) is 0.684. The van der Waals surface area contributed by atoms with Gasteiger partial charge in [0.05, 0.1) is 13.2 Å². The quantitative estimate of drug-likeness (QED) is 0.849. The first-order valence-corrected chi connectivity index (χ1v) is 9.36. The highest BCUT2D eigenvalue weighted by atomic mass is 35.5. The Morgan fingerprint density at radius 3 is 2.92 bits per heavy atom. The van der Waals surface area contributed by atoms with Gasteiger partial charge >= 0.3 is 0 Å². The van der Waals surface area contributed by atoms with Crippen molar-refractivity contribution in [1.29, 1.82) is 0 Å². The van der Waals surface area contributed by atoms with E-state index in [2.05, 4.69) is 24.5 Å². The van der Waals surface area contributed by atoms with Crippen LogP contribution < -0.4 is 10.6 Å². The lowest BCUT2D eigenvalue weighted by Crippen LogP contribution is -2.52. The van der Waals surface area contributed by atoms with Crippen molar-refractivity contribution in [2.75, 3.05) is 26.3 Å². The maximum atomic E-state index is 14.3. The number of rotatable bonds is 5. The van der Waals surface area contributed by atoms with E-state index in [-0.39, 0.29) is 11.2 Å². The molecule has 5 heteroatoms. The molecule has 3 rings (SSSR count). The molecule has 3 unspecified atom stereocenters. The van der Waals surface area contributed by atoms with Crippen LogP contribution in [0.5, 0.6) is 0 Å². The molecule has 24 heavy (non-hydrogen) atoms. The summed E-state index contributed by atoms with van der Waals surface area (Å²) < 4.78 is 19.9. The van der Waals surface area contributed by atoms with E-state index in [1.807, 2.05) is 0 Å². The highest BCUT2D eigenvalue weighted by Gasteiger charge is 2.36. The molecule has 3 nitrogen and oxygen atoms in total. The Kier molecular flexibility index (Phi) is 5.81. The van der Waals surface area contributed by atoms with Gasteiger partial charge in [-0.2, -0.15) is 0 Å². The van der Waals surface area contributed by atoms with Crippen molar-refractivity contribution < 1.29 is 9.13 Å². The molecule has 0 bridgehead atoms. The fourth-order valence-corrected chi connectivity index (χ4v) is 4.62. The average Bonchev–Trinajstić information content (AvgIpc) is 3.02. The molecule has 134 valence electrons. The normalized spacial score (nSPS) is 28.2. The van der Waals surface area contributed by atoms with Gasteiger partial charge in [-0.15, -0.1) is 0 Å². The van der Waals surface area contributed by atoms with Crippen LogP contribution in [0.2, 0.25) is 5.02 Å². The molecule has 1 aliphatic heterocycles. The van der Waals surface area contributed by atoms with Crippen molar-refractivity contribution in [1.82, 2.24) is 10.6 Å². The van der Waals surface area contributed by atoms with Crippen molar-refractivity contribution in [2.24, 2.45) is 5.92 Å². The van der Waals surface area contributed by atoms with Crippen LogP contribution in [0.15, 0.2) is 18.2 Å². The molecular formula is C19H28ClFN2O. The van der Waals surface area contributed by atoms with Crippen LogP contribution >= 0.6 is 11.6 Å². The Morgan fingerprint density at radius 2 is 2.21 bits per heavy atom. The molecular weight excluding hydrogens is 327 g/mol. The number of ether oxygens (including phenoxy) is 1. The third-order valence-corrected chi connectivity index (χ3v) is 5.80. The summed E-state index contributed by atoms with van der Waals surface area (Å²) in [6.45, 7) is 7.35. The summed E-state index contributed by atoms with van der Waals surface area (Å²) in [6, 6.07) is 5.80. The topological polar surface area (TPSA) is 33.3 Å². The van der Waals surface area contributed by atoms with Gasteiger partial charge in [-0.05, 0) is 30.9 Å². The molecule has 2 aliphatic rings. The summed E-state index contributed by atoms with van der Waals surface area (Å²) in [7, 11) is 0. The molecule has 0 spiro atoms. The summed E-state index contributed by atoms with van der Waals surface area (Å²) in [6.07, 6.45) is 3.63. The van der Waals surface area contributed by atoms with Crippen molar-refractivity contribution in [2.45, 2.75) is 50.6 Å². The van der Waals surface area contributed by atoms with E-state index in [0.29, 0.717) is 35.1 Å². The largest absolute Gasteiger partial charge is 0.379 e. The van der Waals surface area contributed by atoms with E-state index >= 15 is 0 Å². The average molecular weight is 355 g/mol. The lowest BCUT2D eigenvalue weighted by atomic mass is 9.83. The number of benzene rings is 1. The maximum Gasteiger partial charge on any atom is 0.128 e. The zero-order chi connectivity index (χ0) is 17.2. The Balaban J connectivity index is 1.65. The van der Waals surface area contributed by atoms with Crippen LogP contribution in [0.1, 0.15) is 38.7 Å². The molecule has 0 aromatic heterocycles. The van der Waals surface area contributed by atoms with E-state index in [0.717, 1.165) is 19.8 Å². The minimum absolute atomic E-state index is 0.223. The molecule has 2 fully saturated rings. The number of nitrogens with one attached hydrogen (secondary N) is 2. The smallest absolute Gasteiger partial charge is 0.128 e. The van der Waals surface area contributed by atoms with Crippen LogP contribution in [0.3, 0.4) is 0 Å². The predicted octanol–water partition coefficient (Wildman–Crippen LogP) is 3.50. The first kappa shape index (κ1) is 18.1. The third kappa shape index (κ3) is 3.93. The second-order valence-electron chi connectivity index (χ2n) is 7.70. The Bertz CT molecular complexity index is 540. The Morgan fingerprint density at radius 1 is 1.38 bits per heavy atom. The van der Waals surface area contributed by atoms with Gasteiger partial charge in [0.15, 0.2) is 0 Å². The summed E-state index contributed by atoms with van der Waals surface area (Å²) in [5.41, 5.74) is 0.249. The molecule has 1 saturated heterocycles. The molecule has 1 heterocycles. The molecule has 1 aromatic rings. The summed E-state index contributed by atoms with van der Waals surface area (Å²) in [5.74, 6) is 0.358. The van der Waals surface area contributed by atoms with Gasteiger partial charge in [0.2, 0.25) is 0 Å². The van der Waals surface area contributed by atoms with Gasteiger partial charge < -0.3 is 15.4 Å². The van der Waals surface area contributed by atoms with Gasteiger partial charge in [-0.1, -0.05) is 37.9 Å². The van der Waals surface area contributed by atoms with Gasteiger partial charge in [-0.3, -0.25) is 0 Å². The minimum Gasteiger partial charge on any atom is -0.379 e. The van der Waals surface area contributed by atoms with Crippen LogP contribution in [0, 0.1) is 11.7 Å². The molecule has 0 amide bonds. The zero-order valence-corrected chi connectivity index (χ0v) is 15.3. The highest BCUT2D eigenvalue weighted by molar-refractivity contribution is 6.31. The molecule has 1 aromatic carbocycles. The van der Waals surface area contributed by atoms with Crippen LogP contribution in [-0.2, 0) is 10.2 Å². The predicted molar refractivity (Wildman–Crippen MR) is 96.2 cm³/mol. The van der Waals surface area contributed by atoms with Crippen molar-refractivity contribution in [3.63, 3.8) is 0 Å². The number of hydrogen-bond acceptors (Lipinski definition) is 3. The number of hydrogen-bond donors (Lipinski definition) is 2. The molecule has 2 N–H and O–H groups in total. The number of halogens is 2. The van der Waals surface area contributed by atoms with Gasteiger partial charge in [0, 0.05) is 41.2 Å². The first-order valence-electron chi connectivity index (χ1n) is 8.98. The van der Waals surface area contributed by atoms with Crippen LogP contribution in [-0.4, -0.2) is 38.4 Å². The van der Waals surface area contributed by atoms with E-state index in [1.165, 1.54) is 25.3 Å².